The zero-order valence-electron chi connectivity index (χ0n) is 14.5. The summed E-state index contributed by atoms with van der Waals surface area (Å²) in [6.07, 6.45) is 8.01. The molecule has 0 N–H and O–H groups in total. The van der Waals surface area contributed by atoms with Crippen LogP contribution in [0.5, 0.6) is 0 Å². The largest absolute Gasteiger partial charge is 0.312 e. The SMILES string of the molecule is CCCCN1CCC(C(=O)N2CCCCc3ccccc32)CC1. The summed E-state index contributed by atoms with van der Waals surface area (Å²) in [5.41, 5.74) is 2.52. The van der Waals surface area contributed by atoms with E-state index in [1.54, 1.807) is 0 Å². The summed E-state index contributed by atoms with van der Waals surface area (Å²) >= 11 is 0. The second kappa shape index (κ2) is 7.96. The fourth-order valence-electron chi connectivity index (χ4n) is 3.93. The van der Waals surface area contributed by atoms with E-state index < -0.39 is 0 Å². The number of hydrogen-bond acceptors (Lipinski definition) is 2. The predicted molar refractivity (Wildman–Crippen MR) is 95.8 cm³/mol. The maximum Gasteiger partial charge on any atom is 0.230 e. The molecule has 0 radical (unpaired) electrons. The monoisotopic (exact) mass is 314 g/mol. The molecule has 0 aliphatic carbocycles. The van der Waals surface area contributed by atoms with E-state index >= 15 is 0 Å². The molecule has 1 aromatic carbocycles. The lowest BCUT2D eigenvalue weighted by Crippen LogP contribution is -2.43. The number of hydrogen-bond donors (Lipinski definition) is 0. The van der Waals surface area contributed by atoms with E-state index in [-0.39, 0.29) is 5.92 Å². The van der Waals surface area contributed by atoms with Crippen molar-refractivity contribution in [3.05, 3.63) is 29.8 Å². The van der Waals surface area contributed by atoms with Crippen LogP contribution in [-0.4, -0.2) is 37.0 Å². The summed E-state index contributed by atoms with van der Waals surface area (Å²) < 4.78 is 0. The van der Waals surface area contributed by atoms with Gasteiger partial charge in [-0.3, -0.25) is 4.79 Å². The highest BCUT2D eigenvalue weighted by atomic mass is 16.2. The lowest BCUT2D eigenvalue weighted by atomic mass is 9.94. The second-order valence-corrected chi connectivity index (χ2v) is 7.05. The van der Waals surface area contributed by atoms with Crippen molar-refractivity contribution in [1.82, 2.24) is 4.90 Å². The van der Waals surface area contributed by atoms with Crippen molar-refractivity contribution >= 4 is 11.6 Å². The average molecular weight is 314 g/mol. The summed E-state index contributed by atoms with van der Waals surface area (Å²) in [4.78, 5) is 17.7. The van der Waals surface area contributed by atoms with Gasteiger partial charge >= 0.3 is 0 Å². The lowest BCUT2D eigenvalue weighted by Gasteiger charge is -2.34. The van der Waals surface area contributed by atoms with Gasteiger partial charge in [-0.15, -0.1) is 0 Å². The topological polar surface area (TPSA) is 23.6 Å². The maximum atomic E-state index is 13.1. The number of benzene rings is 1. The summed E-state index contributed by atoms with van der Waals surface area (Å²) in [5.74, 6) is 0.591. The standard InChI is InChI=1S/C20H30N2O/c1-2-3-13-21-15-11-18(12-16-21)20(23)22-14-7-6-9-17-8-4-5-10-19(17)22/h4-5,8,10,18H,2-3,6-7,9,11-16H2,1H3. The average Bonchev–Trinajstić information content (AvgIpc) is 2.82. The Morgan fingerprint density at radius 3 is 2.70 bits per heavy atom. The van der Waals surface area contributed by atoms with Crippen LogP contribution in [0, 0.1) is 5.92 Å². The van der Waals surface area contributed by atoms with Gasteiger partial charge in [-0.1, -0.05) is 31.5 Å². The van der Waals surface area contributed by atoms with Gasteiger partial charge in [-0.25, -0.2) is 0 Å². The van der Waals surface area contributed by atoms with Gasteiger partial charge in [0, 0.05) is 18.2 Å². The first-order valence-electron chi connectivity index (χ1n) is 9.41. The third kappa shape index (κ3) is 3.95. The molecule has 3 rings (SSSR count). The number of aryl methyl sites for hydroxylation is 1. The van der Waals surface area contributed by atoms with Gasteiger partial charge < -0.3 is 9.80 Å². The van der Waals surface area contributed by atoms with E-state index in [9.17, 15) is 4.79 Å². The van der Waals surface area contributed by atoms with Crippen molar-refractivity contribution in [2.75, 3.05) is 31.1 Å². The molecule has 3 heteroatoms. The molecule has 1 aromatic rings. The zero-order valence-corrected chi connectivity index (χ0v) is 14.5. The number of unbranched alkanes of at least 4 members (excludes halogenated alkanes) is 1. The molecule has 0 bridgehead atoms. The van der Waals surface area contributed by atoms with Crippen molar-refractivity contribution in [3.63, 3.8) is 0 Å². The molecule has 0 atom stereocenters. The highest BCUT2D eigenvalue weighted by Crippen LogP contribution is 2.29. The van der Waals surface area contributed by atoms with E-state index in [0.29, 0.717) is 5.91 Å². The molecular weight excluding hydrogens is 284 g/mol. The van der Waals surface area contributed by atoms with E-state index in [2.05, 4.69) is 41.0 Å². The van der Waals surface area contributed by atoms with Gasteiger partial charge in [-0.2, -0.15) is 0 Å². The lowest BCUT2D eigenvalue weighted by molar-refractivity contribution is -0.123. The van der Waals surface area contributed by atoms with Crippen LogP contribution < -0.4 is 4.90 Å². The molecule has 0 spiro atoms. The molecule has 1 amide bonds. The summed E-state index contributed by atoms with van der Waals surface area (Å²) in [6, 6.07) is 8.49. The minimum atomic E-state index is 0.221. The van der Waals surface area contributed by atoms with E-state index in [4.69, 9.17) is 0 Å². The summed E-state index contributed by atoms with van der Waals surface area (Å²) in [7, 11) is 0. The Bertz CT molecular complexity index is 520. The molecule has 23 heavy (non-hydrogen) atoms. The number of rotatable bonds is 4. The number of likely N-dealkylation sites (tertiary alicyclic amines) is 1. The number of fused-ring (bicyclic) bond motifs is 1. The first-order chi connectivity index (χ1) is 11.3. The van der Waals surface area contributed by atoms with Crippen LogP contribution in [-0.2, 0) is 11.2 Å². The number of carbonyl (C=O) groups excluding carboxylic acids is 1. The van der Waals surface area contributed by atoms with Crippen molar-refractivity contribution in [2.45, 2.75) is 51.9 Å². The zero-order chi connectivity index (χ0) is 16.1. The third-order valence-corrected chi connectivity index (χ3v) is 5.39. The van der Waals surface area contributed by atoms with Crippen molar-refractivity contribution < 1.29 is 4.79 Å². The first-order valence-corrected chi connectivity index (χ1v) is 9.41. The second-order valence-electron chi connectivity index (χ2n) is 7.05. The highest BCUT2D eigenvalue weighted by molar-refractivity contribution is 5.96. The van der Waals surface area contributed by atoms with Crippen LogP contribution in [0.1, 0.15) is 51.0 Å². The molecule has 1 saturated heterocycles. The molecule has 3 nitrogen and oxygen atoms in total. The van der Waals surface area contributed by atoms with Crippen LogP contribution >= 0.6 is 0 Å². The molecule has 126 valence electrons. The van der Waals surface area contributed by atoms with Crippen molar-refractivity contribution in [1.29, 1.82) is 0 Å². The van der Waals surface area contributed by atoms with E-state index in [1.165, 1.54) is 37.1 Å². The fraction of sp³-hybridized carbons (Fsp3) is 0.650. The molecule has 2 aliphatic rings. The number of para-hydroxylation sites is 1. The van der Waals surface area contributed by atoms with Crippen LogP contribution in [0.15, 0.2) is 24.3 Å². The first kappa shape index (κ1) is 16.5. The van der Waals surface area contributed by atoms with Crippen molar-refractivity contribution in [3.8, 4) is 0 Å². The third-order valence-electron chi connectivity index (χ3n) is 5.39. The Hall–Kier alpha value is -1.35. The molecule has 0 saturated carbocycles. The Labute approximate surface area is 140 Å². The van der Waals surface area contributed by atoms with Crippen LogP contribution in [0.25, 0.3) is 0 Å². The number of carbonyl (C=O) groups is 1. The molecule has 0 unspecified atom stereocenters. The van der Waals surface area contributed by atoms with Gasteiger partial charge in [0.1, 0.15) is 0 Å². The summed E-state index contributed by atoms with van der Waals surface area (Å²) in [5, 5.41) is 0. The maximum absolute atomic E-state index is 13.1. The van der Waals surface area contributed by atoms with Crippen LogP contribution in [0.4, 0.5) is 5.69 Å². The van der Waals surface area contributed by atoms with Gasteiger partial charge in [0.2, 0.25) is 5.91 Å². The fourth-order valence-corrected chi connectivity index (χ4v) is 3.93. The smallest absolute Gasteiger partial charge is 0.230 e. The van der Waals surface area contributed by atoms with Crippen LogP contribution in [0.2, 0.25) is 0 Å². The molecule has 1 fully saturated rings. The number of amides is 1. The quantitative estimate of drug-likeness (QED) is 0.842. The van der Waals surface area contributed by atoms with Gasteiger partial charge in [-0.05, 0) is 69.8 Å². The molecule has 0 aromatic heterocycles. The Morgan fingerprint density at radius 2 is 1.91 bits per heavy atom. The number of piperidine rings is 1. The number of anilines is 1. The van der Waals surface area contributed by atoms with Gasteiger partial charge in [0.05, 0.1) is 0 Å². The minimum absolute atomic E-state index is 0.221. The summed E-state index contributed by atoms with van der Waals surface area (Å²) in [6.45, 7) is 6.51. The number of nitrogens with zero attached hydrogens (tertiary/aromatic N) is 2. The highest BCUT2D eigenvalue weighted by Gasteiger charge is 2.30. The molecule has 2 heterocycles. The van der Waals surface area contributed by atoms with Gasteiger partial charge in [0.15, 0.2) is 0 Å². The molecular formula is C20H30N2O. The Morgan fingerprint density at radius 1 is 1.13 bits per heavy atom. The normalized spacial score (nSPS) is 20.1. The van der Waals surface area contributed by atoms with Crippen LogP contribution in [0.3, 0.4) is 0 Å². The minimum Gasteiger partial charge on any atom is -0.312 e. The Balaban J connectivity index is 1.65. The van der Waals surface area contributed by atoms with Gasteiger partial charge in [0.25, 0.3) is 0 Å². The van der Waals surface area contributed by atoms with E-state index in [0.717, 1.165) is 45.3 Å². The predicted octanol–water partition coefficient (Wildman–Crippen LogP) is 3.87. The van der Waals surface area contributed by atoms with Crippen molar-refractivity contribution in [2.24, 2.45) is 5.92 Å². The molecule has 2 aliphatic heterocycles. The van der Waals surface area contributed by atoms with E-state index in [1.807, 2.05) is 0 Å². The Kier molecular flexibility index (Phi) is 5.71.